The second-order valence-corrected chi connectivity index (χ2v) is 5.75. The first kappa shape index (κ1) is 13.1. The van der Waals surface area contributed by atoms with Gasteiger partial charge in [0.2, 0.25) is 0 Å². The largest absolute Gasteiger partial charge is 0.493 e. The highest BCUT2D eigenvalue weighted by atomic mass is 35.5. The third-order valence-corrected chi connectivity index (χ3v) is 4.26. The van der Waals surface area contributed by atoms with Crippen LogP contribution in [0.2, 0.25) is 10.0 Å². The molecule has 1 atom stereocenters. The Labute approximate surface area is 127 Å². The Bertz CT molecular complexity index is 625. The van der Waals surface area contributed by atoms with E-state index in [9.17, 15) is 0 Å². The molecule has 1 heterocycles. The zero-order chi connectivity index (χ0) is 13.4. The first-order chi connectivity index (χ1) is 9.16. The highest BCUT2D eigenvalue weighted by Crippen LogP contribution is 2.42. The average Bonchev–Trinajstić information content (AvgIpc) is 2.85. The van der Waals surface area contributed by atoms with Gasteiger partial charge >= 0.3 is 0 Å². The Hall–Kier alpha value is -0.890. The molecule has 0 spiro atoms. The van der Waals surface area contributed by atoms with Crippen LogP contribution in [0.3, 0.4) is 0 Å². The molecule has 0 aromatic heterocycles. The minimum atomic E-state index is -0.362. The van der Waals surface area contributed by atoms with Crippen molar-refractivity contribution in [3.63, 3.8) is 0 Å². The SMILES string of the molecule is Clc1cc2c(c(C(Cl)c3ccccc3Cl)c1)OCC2. The van der Waals surface area contributed by atoms with Gasteiger partial charge in [0.05, 0.1) is 12.0 Å². The van der Waals surface area contributed by atoms with Crippen LogP contribution in [0.1, 0.15) is 22.1 Å². The van der Waals surface area contributed by atoms with Crippen molar-refractivity contribution in [3.05, 3.63) is 63.1 Å². The predicted octanol–water partition coefficient (Wildman–Crippen LogP) is 5.26. The molecule has 0 radical (unpaired) electrons. The summed E-state index contributed by atoms with van der Waals surface area (Å²) >= 11 is 18.9. The molecule has 0 fully saturated rings. The Kier molecular flexibility index (Phi) is 3.62. The van der Waals surface area contributed by atoms with E-state index in [4.69, 9.17) is 39.5 Å². The Morgan fingerprint density at radius 1 is 1.05 bits per heavy atom. The summed E-state index contributed by atoms with van der Waals surface area (Å²) in [6.45, 7) is 0.675. The van der Waals surface area contributed by atoms with Gasteiger partial charge < -0.3 is 4.74 Å². The van der Waals surface area contributed by atoms with Crippen LogP contribution in [-0.4, -0.2) is 6.61 Å². The summed E-state index contributed by atoms with van der Waals surface area (Å²) in [5.41, 5.74) is 2.86. The van der Waals surface area contributed by atoms with E-state index in [1.807, 2.05) is 36.4 Å². The number of ether oxygens (including phenoxy) is 1. The molecule has 0 saturated carbocycles. The van der Waals surface area contributed by atoms with E-state index < -0.39 is 0 Å². The van der Waals surface area contributed by atoms with Crippen molar-refractivity contribution in [3.8, 4) is 5.75 Å². The summed E-state index contributed by atoms with van der Waals surface area (Å²) in [5, 5.41) is 0.963. The molecule has 0 bridgehead atoms. The predicted molar refractivity (Wildman–Crippen MR) is 79.8 cm³/mol. The zero-order valence-electron chi connectivity index (χ0n) is 10.00. The van der Waals surface area contributed by atoms with Gasteiger partial charge in [-0.2, -0.15) is 0 Å². The number of alkyl halides is 1. The summed E-state index contributed by atoms with van der Waals surface area (Å²) in [7, 11) is 0. The molecular weight excluding hydrogens is 303 g/mol. The smallest absolute Gasteiger partial charge is 0.127 e. The van der Waals surface area contributed by atoms with Gasteiger partial charge in [0.15, 0.2) is 0 Å². The van der Waals surface area contributed by atoms with Crippen LogP contribution in [0, 0.1) is 0 Å². The van der Waals surface area contributed by atoms with Gasteiger partial charge in [0.25, 0.3) is 0 Å². The molecule has 1 aliphatic rings. The third-order valence-electron chi connectivity index (χ3n) is 3.23. The van der Waals surface area contributed by atoms with Crippen LogP contribution >= 0.6 is 34.8 Å². The first-order valence-corrected chi connectivity index (χ1v) is 7.19. The summed E-state index contributed by atoms with van der Waals surface area (Å²) in [6, 6.07) is 11.3. The molecule has 0 amide bonds. The van der Waals surface area contributed by atoms with Crippen molar-refractivity contribution in [2.45, 2.75) is 11.8 Å². The standard InChI is InChI=1S/C15H11Cl3O/c16-10-7-9-5-6-19-15(9)12(8-10)14(18)11-3-1-2-4-13(11)17/h1-4,7-8,14H,5-6H2. The first-order valence-electron chi connectivity index (χ1n) is 6.00. The lowest BCUT2D eigenvalue weighted by molar-refractivity contribution is 0.353. The Balaban J connectivity index is 2.10. The van der Waals surface area contributed by atoms with Gasteiger partial charge in [-0.25, -0.2) is 0 Å². The summed E-state index contributed by atoms with van der Waals surface area (Å²) in [6.07, 6.45) is 0.870. The third kappa shape index (κ3) is 2.43. The number of fused-ring (bicyclic) bond motifs is 1. The molecule has 0 saturated heterocycles. The van der Waals surface area contributed by atoms with Gasteiger partial charge in [-0.15, -0.1) is 11.6 Å². The zero-order valence-corrected chi connectivity index (χ0v) is 12.3. The van der Waals surface area contributed by atoms with Gasteiger partial charge in [0.1, 0.15) is 5.75 Å². The van der Waals surface area contributed by atoms with Crippen molar-refractivity contribution >= 4 is 34.8 Å². The summed E-state index contributed by atoms with van der Waals surface area (Å²) < 4.78 is 5.68. The minimum Gasteiger partial charge on any atom is -0.493 e. The lowest BCUT2D eigenvalue weighted by Crippen LogP contribution is -1.98. The maximum Gasteiger partial charge on any atom is 0.127 e. The maximum absolute atomic E-state index is 6.57. The molecule has 1 aliphatic heterocycles. The number of benzene rings is 2. The van der Waals surface area contributed by atoms with Crippen molar-refractivity contribution < 1.29 is 4.74 Å². The van der Waals surface area contributed by atoms with E-state index in [-0.39, 0.29) is 5.38 Å². The minimum absolute atomic E-state index is 0.362. The number of hydrogen-bond acceptors (Lipinski definition) is 1. The Morgan fingerprint density at radius 3 is 2.63 bits per heavy atom. The molecule has 2 aromatic carbocycles. The van der Waals surface area contributed by atoms with Crippen molar-refractivity contribution in [1.82, 2.24) is 0 Å². The lowest BCUT2D eigenvalue weighted by atomic mass is 10.0. The van der Waals surface area contributed by atoms with E-state index in [1.54, 1.807) is 0 Å². The van der Waals surface area contributed by atoms with Crippen LogP contribution in [-0.2, 0) is 6.42 Å². The van der Waals surface area contributed by atoms with Crippen molar-refractivity contribution in [2.24, 2.45) is 0 Å². The second-order valence-electron chi connectivity index (χ2n) is 4.47. The van der Waals surface area contributed by atoms with Gasteiger partial charge in [-0.05, 0) is 29.3 Å². The number of halogens is 3. The van der Waals surface area contributed by atoms with Gasteiger partial charge in [0, 0.05) is 22.0 Å². The topological polar surface area (TPSA) is 9.23 Å². The maximum atomic E-state index is 6.57. The molecule has 98 valence electrons. The molecule has 1 nitrogen and oxygen atoms in total. The molecule has 2 aromatic rings. The van der Waals surface area contributed by atoms with Crippen LogP contribution in [0.15, 0.2) is 36.4 Å². The van der Waals surface area contributed by atoms with Crippen LogP contribution in [0.25, 0.3) is 0 Å². The fourth-order valence-corrected chi connectivity index (χ4v) is 3.24. The normalized spacial score (nSPS) is 14.9. The molecular formula is C15H11Cl3O. The average molecular weight is 314 g/mol. The molecule has 3 rings (SSSR count). The second kappa shape index (κ2) is 5.24. The highest BCUT2D eigenvalue weighted by molar-refractivity contribution is 6.33. The quantitative estimate of drug-likeness (QED) is 0.687. The van der Waals surface area contributed by atoms with Gasteiger partial charge in [-0.3, -0.25) is 0 Å². The highest BCUT2D eigenvalue weighted by Gasteiger charge is 2.24. The monoisotopic (exact) mass is 312 g/mol. The summed E-state index contributed by atoms with van der Waals surface area (Å²) in [4.78, 5) is 0. The molecule has 0 aliphatic carbocycles. The number of rotatable bonds is 2. The van der Waals surface area contributed by atoms with E-state index in [2.05, 4.69) is 0 Å². The number of hydrogen-bond donors (Lipinski definition) is 0. The fourth-order valence-electron chi connectivity index (χ4n) is 2.33. The van der Waals surface area contributed by atoms with Crippen LogP contribution in [0.5, 0.6) is 5.75 Å². The molecule has 1 unspecified atom stereocenters. The van der Waals surface area contributed by atoms with Crippen molar-refractivity contribution in [2.75, 3.05) is 6.61 Å². The summed E-state index contributed by atoms with van der Waals surface area (Å²) in [5.74, 6) is 0.851. The van der Waals surface area contributed by atoms with E-state index in [1.165, 1.54) is 0 Å². The molecule has 4 heteroatoms. The molecule has 19 heavy (non-hydrogen) atoms. The van der Waals surface area contributed by atoms with Crippen molar-refractivity contribution in [1.29, 1.82) is 0 Å². The fraction of sp³-hybridized carbons (Fsp3) is 0.200. The van der Waals surface area contributed by atoms with E-state index in [0.29, 0.717) is 16.7 Å². The Morgan fingerprint density at radius 2 is 1.84 bits per heavy atom. The van der Waals surface area contributed by atoms with Gasteiger partial charge in [-0.1, -0.05) is 41.4 Å². The van der Waals surface area contributed by atoms with Crippen LogP contribution in [0.4, 0.5) is 0 Å². The van der Waals surface area contributed by atoms with E-state index in [0.717, 1.165) is 28.9 Å². The lowest BCUT2D eigenvalue weighted by Gasteiger charge is -2.16. The van der Waals surface area contributed by atoms with E-state index >= 15 is 0 Å². The molecule has 0 N–H and O–H groups in total. The van der Waals surface area contributed by atoms with Crippen LogP contribution < -0.4 is 4.74 Å².